The Hall–Kier alpha value is -0.680. The number of hydrogen-bond acceptors (Lipinski definition) is 4. The Labute approximate surface area is 88.9 Å². The lowest BCUT2D eigenvalue weighted by Gasteiger charge is -2.43. The molecule has 5 nitrogen and oxygen atoms in total. The molecule has 0 aromatic carbocycles. The molecule has 4 heterocycles. The van der Waals surface area contributed by atoms with Crippen LogP contribution in [0.15, 0.2) is 6.33 Å². The van der Waals surface area contributed by atoms with E-state index < -0.39 is 0 Å². The van der Waals surface area contributed by atoms with Gasteiger partial charge in [0.05, 0.1) is 6.04 Å². The van der Waals surface area contributed by atoms with Gasteiger partial charge in [0.25, 0.3) is 0 Å². The van der Waals surface area contributed by atoms with Gasteiger partial charge in [-0.05, 0) is 37.1 Å². The molecule has 1 atom stereocenters. The van der Waals surface area contributed by atoms with Crippen LogP contribution < -0.4 is 0 Å². The number of nitrogens with zero attached hydrogens (tertiary/aromatic N) is 5. The topological polar surface area (TPSA) is 46.8 Å². The number of aromatic nitrogens is 4. The Morgan fingerprint density at radius 2 is 2.00 bits per heavy atom. The number of tetrazole rings is 1. The van der Waals surface area contributed by atoms with Crippen LogP contribution >= 0.6 is 12.4 Å². The van der Waals surface area contributed by atoms with E-state index in [1.165, 1.54) is 32.3 Å². The second-order valence-electron chi connectivity index (χ2n) is 3.96. The fourth-order valence-corrected chi connectivity index (χ4v) is 2.52. The third kappa shape index (κ3) is 1.50. The molecular weight excluding hydrogens is 202 g/mol. The Kier molecular flexibility index (Phi) is 2.69. The van der Waals surface area contributed by atoms with Gasteiger partial charge < -0.3 is 4.90 Å². The van der Waals surface area contributed by atoms with Crippen molar-refractivity contribution in [3.63, 3.8) is 0 Å². The lowest BCUT2D eigenvalue weighted by Crippen LogP contribution is -2.48. The molecule has 1 aromatic heterocycles. The van der Waals surface area contributed by atoms with Gasteiger partial charge >= 0.3 is 0 Å². The first-order valence-electron chi connectivity index (χ1n) is 4.88. The lowest BCUT2D eigenvalue weighted by atomic mass is 9.84. The van der Waals surface area contributed by atoms with Gasteiger partial charge in [-0.2, -0.15) is 4.80 Å². The van der Waals surface area contributed by atoms with Crippen molar-refractivity contribution in [2.75, 3.05) is 19.6 Å². The van der Waals surface area contributed by atoms with Crippen LogP contribution in [0.25, 0.3) is 0 Å². The Morgan fingerprint density at radius 3 is 2.50 bits per heavy atom. The molecule has 0 saturated carbocycles. The van der Waals surface area contributed by atoms with Crippen LogP contribution in [0.1, 0.15) is 18.9 Å². The molecule has 3 aliphatic rings. The smallest absolute Gasteiger partial charge is 0.162 e. The van der Waals surface area contributed by atoms with Crippen LogP contribution in [-0.4, -0.2) is 44.7 Å². The fraction of sp³-hybridized carbons (Fsp3) is 0.875. The summed E-state index contributed by atoms with van der Waals surface area (Å²) < 4.78 is 0. The number of hydrogen-bond donors (Lipinski definition) is 0. The molecule has 2 bridgehead atoms. The van der Waals surface area contributed by atoms with Crippen LogP contribution in [0.2, 0.25) is 0 Å². The van der Waals surface area contributed by atoms with Crippen molar-refractivity contribution >= 4 is 12.4 Å². The highest BCUT2D eigenvalue weighted by molar-refractivity contribution is 5.85. The molecule has 3 aliphatic heterocycles. The molecule has 4 rings (SSSR count). The average molecular weight is 216 g/mol. The van der Waals surface area contributed by atoms with Gasteiger partial charge in [0.2, 0.25) is 0 Å². The summed E-state index contributed by atoms with van der Waals surface area (Å²) >= 11 is 0. The largest absolute Gasteiger partial charge is 0.301 e. The lowest BCUT2D eigenvalue weighted by molar-refractivity contribution is 0.0435. The van der Waals surface area contributed by atoms with E-state index >= 15 is 0 Å². The van der Waals surface area contributed by atoms with Crippen LogP contribution in [-0.2, 0) is 0 Å². The molecule has 78 valence electrons. The Morgan fingerprint density at radius 1 is 1.21 bits per heavy atom. The van der Waals surface area contributed by atoms with Crippen molar-refractivity contribution in [1.29, 1.82) is 0 Å². The average Bonchev–Trinajstić information content (AvgIpc) is 2.72. The molecule has 3 saturated heterocycles. The quantitative estimate of drug-likeness (QED) is 0.679. The predicted molar refractivity (Wildman–Crippen MR) is 53.3 cm³/mol. The first-order valence-corrected chi connectivity index (χ1v) is 4.88. The molecule has 0 spiro atoms. The van der Waals surface area contributed by atoms with E-state index in [2.05, 4.69) is 20.3 Å². The van der Waals surface area contributed by atoms with E-state index in [0.29, 0.717) is 6.04 Å². The van der Waals surface area contributed by atoms with Crippen LogP contribution in [0.5, 0.6) is 0 Å². The van der Waals surface area contributed by atoms with Crippen molar-refractivity contribution in [1.82, 2.24) is 25.1 Å². The summed E-state index contributed by atoms with van der Waals surface area (Å²) in [6.07, 6.45) is 4.12. The zero-order valence-corrected chi connectivity index (χ0v) is 8.73. The fourth-order valence-electron chi connectivity index (χ4n) is 2.52. The van der Waals surface area contributed by atoms with Gasteiger partial charge in [-0.1, -0.05) is 0 Å². The zero-order valence-electron chi connectivity index (χ0n) is 7.91. The van der Waals surface area contributed by atoms with Gasteiger partial charge in [0, 0.05) is 6.54 Å². The van der Waals surface area contributed by atoms with E-state index in [0.717, 1.165) is 12.5 Å². The molecule has 1 unspecified atom stereocenters. The summed E-state index contributed by atoms with van der Waals surface area (Å²) in [4.78, 5) is 4.28. The standard InChI is InChI=1S/C8H13N5.ClH/c1-3-12-4-2-7(1)8(5-12)13-10-6-9-11-13;/h6-8H,1-5H2;1H. The highest BCUT2D eigenvalue weighted by Gasteiger charge is 2.36. The zero-order chi connectivity index (χ0) is 8.67. The normalized spacial score (nSPS) is 35.3. The summed E-state index contributed by atoms with van der Waals surface area (Å²) in [5.74, 6) is 0.777. The molecule has 0 radical (unpaired) electrons. The monoisotopic (exact) mass is 215 g/mol. The summed E-state index contributed by atoms with van der Waals surface area (Å²) in [6.45, 7) is 3.63. The maximum Gasteiger partial charge on any atom is 0.162 e. The van der Waals surface area contributed by atoms with Crippen LogP contribution in [0.3, 0.4) is 0 Å². The molecular formula is C8H14ClN5. The van der Waals surface area contributed by atoms with Crippen LogP contribution in [0.4, 0.5) is 0 Å². The van der Waals surface area contributed by atoms with Gasteiger partial charge in [0.15, 0.2) is 6.33 Å². The van der Waals surface area contributed by atoms with E-state index in [1.807, 2.05) is 0 Å². The molecule has 0 N–H and O–H groups in total. The second-order valence-corrected chi connectivity index (χ2v) is 3.96. The number of piperidine rings is 3. The summed E-state index contributed by atoms with van der Waals surface area (Å²) in [7, 11) is 0. The number of halogens is 1. The second kappa shape index (κ2) is 3.82. The summed E-state index contributed by atoms with van der Waals surface area (Å²) in [6, 6.07) is 0.477. The third-order valence-electron chi connectivity index (χ3n) is 3.28. The maximum atomic E-state index is 4.13. The predicted octanol–water partition coefficient (Wildman–Crippen LogP) is 0.362. The maximum absolute atomic E-state index is 4.13. The SMILES string of the molecule is Cl.c1nnn(C2CN3CCC2CC3)n1. The van der Waals surface area contributed by atoms with Crippen molar-refractivity contribution in [3.05, 3.63) is 6.33 Å². The number of rotatable bonds is 1. The highest BCUT2D eigenvalue weighted by atomic mass is 35.5. The minimum atomic E-state index is 0. The van der Waals surface area contributed by atoms with Gasteiger partial charge in [-0.15, -0.1) is 22.6 Å². The Bertz CT molecular complexity index is 280. The minimum absolute atomic E-state index is 0. The van der Waals surface area contributed by atoms with Crippen molar-refractivity contribution in [3.8, 4) is 0 Å². The van der Waals surface area contributed by atoms with Crippen LogP contribution in [0, 0.1) is 5.92 Å². The summed E-state index contributed by atoms with van der Waals surface area (Å²) in [5.41, 5.74) is 0. The van der Waals surface area contributed by atoms with Crippen molar-refractivity contribution in [2.45, 2.75) is 18.9 Å². The molecule has 0 aliphatic carbocycles. The molecule has 1 aromatic rings. The highest BCUT2D eigenvalue weighted by Crippen LogP contribution is 2.34. The summed E-state index contributed by atoms with van der Waals surface area (Å²) in [5, 5.41) is 11.9. The van der Waals surface area contributed by atoms with Crippen molar-refractivity contribution < 1.29 is 0 Å². The molecule has 14 heavy (non-hydrogen) atoms. The molecule has 3 fully saturated rings. The molecule has 0 amide bonds. The van der Waals surface area contributed by atoms with Crippen molar-refractivity contribution in [2.24, 2.45) is 5.92 Å². The van der Waals surface area contributed by atoms with Gasteiger partial charge in [0.1, 0.15) is 0 Å². The number of fused-ring (bicyclic) bond motifs is 3. The Balaban J connectivity index is 0.000000750. The van der Waals surface area contributed by atoms with Gasteiger partial charge in [-0.25, -0.2) is 0 Å². The molecule has 6 heteroatoms. The van der Waals surface area contributed by atoms with Gasteiger partial charge in [-0.3, -0.25) is 0 Å². The van der Waals surface area contributed by atoms with E-state index in [9.17, 15) is 0 Å². The first kappa shape index (κ1) is 9.86. The van der Waals surface area contributed by atoms with E-state index in [4.69, 9.17) is 0 Å². The first-order chi connectivity index (χ1) is 6.43. The van der Waals surface area contributed by atoms with E-state index in [1.54, 1.807) is 4.80 Å². The minimum Gasteiger partial charge on any atom is -0.301 e. The third-order valence-corrected chi connectivity index (χ3v) is 3.28. The van der Waals surface area contributed by atoms with E-state index in [-0.39, 0.29) is 12.4 Å².